The number of hydrogen-bond acceptors (Lipinski definition) is 6. The Morgan fingerprint density at radius 1 is 1.38 bits per heavy atom. The molecule has 1 fully saturated rings. The minimum Gasteiger partial charge on any atom is -0.462 e. The van der Waals surface area contributed by atoms with Crippen molar-refractivity contribution in [3.05, 3.63) is 64.8 Å². The van der Waals surface area contributed by atoms with Gasteiger partial charge in [-0.25, -0.2) is 23.0 Å². The molecule has 0 spiro atoms. The van der Waals surface area contributed by atoms with Crippen molar-refractivity contribution in [3.8, 4) is 0 Å². The normalized spacial score (nSPS) is 24.9. The van der Waals surface area contributed by atoms with Crippen molar-refractivity contribution in [3.63, 3.8) is 0 Å². The first-order valence-electron chi connectivity index (χ1n) is 8.68. The smallest absolute Gasteiger partial charge is 0.283 e. The van der Waals surface area contributed by atoms with Crippen LogP contribution in [0.4, 0.5) is 18.9 Å². The zero-order valence-electron chi connectivity index (χ0n) is 14.8. The molecule has 0 aromatic carbocycles. The fourth-order valence-electron chi connectivity index (χ4n) is 3.49. The lowest BCUT2D eigenvalue weighted by Crippen LogP contribution is -2.44. The largest absolute Gasteiger partial charge is 0.462 e. The second-order valence-corrected chi connectivity index (χ2v) is 6.82. The Kier molecular flexibility index (Phi) is 4.45. The molecule has 7 nitrogen and oxygen atoms in total. The van der Waals surface area contributed by atoms with Gasteiger partial charge in [-0.05, 0) is 24.6 Å². The van der Waals surface area contributed by atoms with Crippen LogP contribution in [-0.2, 0) is 16.7 Å². The molecular weight excluding hydrogens is 387 g/mol. The SMILES string of the molecule is [C-]#[N+]c1ccc(C(=O)Cc2ccc(F)c([C@@]3(C(F)F)N=C(N)O[C@@H]4CC43)n2)nc1. The monoisotopic (exact) mass is 401 g/mol. The van der Waals surface area contributed by atoms with Crippen LogP contribution in [-0.4, -0.2) is 34.3 Å². The van der Waals surface area contributed by atoms with Gasteiger partial charge in [-0.15, -0.1) is 0 Å². The van der Waals surface area contributed by atoms with Crippen molar-refractivity contribution >= 4 is 17.5 Å². The zero-order valence-corrected chi connectivity index (χ0v) is 14.8. The van der Waals surface area contributed by atoms with Crippen molar-refractivity contribution in [1.82, 2.24) is 9.97 Å². The number of carbonyl (C=O) groups is 1. The summed E-state index contributed by atoms with van der Waals surface area (Å²) in [6.45, 7) is 6.89. The number of nitrogens with two attached hydrogens (primary N) is 1. The first kappa shape index (κ1) is 18.9. The number of Topliss-reactive ketones (excluding diaryl/α,β-unsaturated/α-hetero) is 1. The molecule has 1 saturated carbocycles. The minimum absolute atomic E-state index is 0.0873. The lowest BCUT2D eigenvalue weighted by molar-refractivity contribution is 0.0149. The lowest BCUT2D eigenvalue weighted by Gasteiger charge is -2.32. The molecule has 2 aliphatic rings. The summed E-state index contributed by atoms with van der Waals surface area (Å²) in [6.07, 6.45) is -2.38. The van der Waals surface area contributed by atoms with Gasteiger partial charge in [0.2, 0.25) is 5.69 Å². The Labute approximate surface area is 163 Å². The summed E-state index contributed by atoms with van der Waals surface area (Å²) in [7, 11) is 0. The van der Waals surface area contributed by atoms with Gasteiger partial charge in [-0.1, -0.05) is 6.07 Å². The van der Waals surface area contributed by atoms with Crippen molar-refractivity contribution < 1.29 is 22.7 Å². The van der Waals surface area contributed by atoms with E-state index < -0.39 is 47.3 Å². The molecule has 0 amide bonds. The topological polar surface area (TPSA) is 94.8 Å². The van der Waals surface area contributed by atoms with Crippen LogP contribution in [0.1, 0.15) is 28.3 Å². The molecule has 3 atom stereocenters. The van der Waals surface area contributed by atoms with Gasteiger partial charge in [0.05, 0.1) is 13.0 Å². The summed E-state index contributed by atoms with van der Waals surface area (Å²) in [5.41, 5.74) is 3.20. The second-order valence-electron chi connectivity index (χ2n) is 6.82. The first-order valence-corrected chi connectivity index (χ1v) is 8.68. The van der Waals surface area contributed by atoms with E-state index in [1.807, 2.05) is 0 Å². The Hall–Kier alpha value is -3.48. The number of ether oxygens (including phenoxy) is 1. The summed E-state index contributed by atoms with van der Waals surface area (Å²) in [5, 5.41) is 0. The number of carbonyl (C=O) groups excluding carboxylic acids is 1. The molecule has 2 aromatic rings. The van der Waals surface area contributed by atoms with Crippen LogP contribution in [0.15, 0.2) is 35.5 Å². The molecule has 1 unspecified atom stereocenters. The predicted molar refractivity (Wildman–Crippen MR) is 95.0 cm³/mol. The van der Waals surface area contributed by atoms with Crippen molar-refractivity contribution in [2.75, 3.05) is 0 Å². The molecule has 1 aliphatic carbocycles. The Morgan fingerprint density at radius 2 is 2.17 bits per heavy atom. The van der Waals surface area contributed by atoms with Gasteiger partial charge in [0, 0.05) is 17.8 Å². The molecule has 29 heavy (non-hydrogen) atoms. The number of pyridine rings is 2. The maximum Gasteiger partial charge on any atom is 0.283 e. The number of rotatable bonds is 5. The highest BCUT2D eigenvalue weighted by Crippen LogP contribution is 2.55. The molecule has 10 heteroatoms. The predicted octanol–water partition coefficient (Wildman–Crippen LogP) is 2.79. The number of aromatic nitrogens is 2. The van der Waals surface area contributed by atoms with Gasteiger partial charge in [-0.2, -0.15) is 0 Å². The molecule has 0 saturated heterocycles. The van der Waals surface area contributed by atoms with E-state index in [0.29, 0.717) is 0 Å². The van der Waals surface area contributed by atoms with Gasteiger partial charge in [0.15, 0.2) is 11.3 Å². The summed E-state index contributed by atoms with van der Waals surface area (Å²) >= 11 is 0. The third-order valence-electron chi connectivity index (χ3n) is 4.98. The number of alkyl halides is 2. The summed E-state index contributed by atoms with van der Waals surface area (Å²) < 4.78 is 47.9. The van der Waals surface area contributed by atoms with E-state index in [1.54, 1.807) is 0 Å². The van der Waals surface area contributed by atoms with Crippen LogP contribution in [0.2, 0.25) is 0 Å². The van der Waals surface area contributed by atoms with E-state index in [4.69, 9.17) is 17.0 Å². The van der Waals surface area contributed by atoms with Gasteiger partial charge in [0.1, 0.15) is 23.3 Å². The number of halogens is 3. The molecule has 0 bridgehead atoms. The quantitative estimate of drug-likeness (QED) is 0.614. The highest BCUT2D eigenvalue weighted by Gasteiger charge is 2.65. The average molecular weight is 401 g/mol. The van der Waals surface area contributed by atoms with E-state index in [-0.39, 0.29) is 29.9 Å². The van der Waals surface area contributed by atoms with Gasteiger partial charge in [0.25, 0.3) is 12.4 Å². The van der Waals surface area contributed by atoms with Crippen LogP contribution in [0.3, 0.4) is 0 Å². The Balaban J connectivity index is 1.68. The summed E-state index contributed by atoms with van der Waals surface area (Å²) in [5.74, 6) is -2.15. The van der Waals surface area contributed by atoms with Crippen LogP contribution in [0.5, 0.6) is 0 Å². The van der Waals surface area contributed by atoms with E-state index in [0.717, 1.165) is 6.07 Å². The summed E-state index contributed by atoms with van der Waals surface area (Å²) in [4.78, 5) is 27.3. The highest BCUT2D eigenvalue weighted by atomic mass is 19.3. The highest BCUT2D eigenvalue weighted by molar-refractivity contribution is 5.95. The first-order chi connectivity index (χ1) is 13.8. The van der Waals surface area contributed by atoms with E-state index >= 15 is 0 Å². The number of fused-ring (bicyclic) bond motifs is 1. The molecule has 1 aliphatic heterocycles. The second kappa shape index (κ2) is 6.84. The van der Waals surface area contributed by atoms with Crippen LogP contribution < -0.4 is 5.73 Å². The maximum absolute atomic E-state index is 14.5. The van der Waals surface area contributed by atoms with Crippen LogP contribution in [0, 0.1) is 18.3 Å². The minimum atomic E-state index is -3.06. The molecule has 2 aromatic heterocycles. The summed E-state index contributed by atoms with van der Waals surface area (Å²) in [6, 6.07) is 4.63. The molecule has 3 heterocycles. The average Bonchev–Trinajstić information content (AvgIpc) is 3.48. The third kappa shape index (κ3) is 3.18. The number of hydrogen-bond donors (Lipinski definition) is 1. The fourth-order valence-corrected chi connectivity index (χ4v) is 3.49. The van der Waals surface area contributed by atoms with E-state index in [9.17, 15) is 18.0 Å². The Bertz CT molecular complexity index is 1050. The number of ketones is 1. The van der Waals surface area contributed by atoms with Crippen molar-refractivity contribution in [2.45, 2.75) is 30.9 Å². The molecule has 148 valence electrons. The van der Waals surface area contributed by atoms with Crippen molar-refractivity contribution in [1.29, 1.82) is 0 Å². The molecule has 2 N–H and O–H groups in total. The van der Waals surface area contributed by atoms with Crippen LogP contribution in [0.25, 0.3) is 4.85 Å². The van der Waals surface area contributed by atoms with Gasteiger partial charge in [-0.3, -0.25) is 14.8 Å². The number of amidine groups is 1. The zero-order chi connectivity index (χ0) is 20.8. The van der Waals surface area contributed by atoms with Gasteiger partial charge < -0.3 is 10.5 Å². The molecule has 0 radical (unpaired) electrons. The molecular formula is C19H14F3N5O2. The lowest BCUT2D eigenvalue weighted by atomic mass is 9.88. The number of nitrogens with zero attached hydrogens (tertiary/aromatic N) is 4. The fraction of sp³-hybridized carbons (Fsp3) is 0.316. The maximum atomic E-state index is 14.5. The van der Waals surface area contributed by atoms with Gasteiger partial charge >= 0.3 is 0 Å². The van der Waals surface area contributed by atoms with E-state index in [1.165, 1.54) is 24.4 Å². The molecule has 4 rings (SSSR count). The standard InChI is InChI=1S/C19H14F3N5O2/c1-24-10-3-5-13(25-8-10)14(28)6-9-2-4-12(20)16(26-9)19(17(21)22)11-7-15(11)29-18(23)27-19/h2-5,8,11,15,17H,6-7H2,(H2,23,27)/t11?,15-,19+/m1/s1. The van der Waals surface area contributed by atoms with Crippen LogP contribution >= 0.6 is 0 Å². The third-order valence-corrected chi connectivity index (χ3v) is 4.98. The number of aliphatic imine (C=N–C) groups is 1. The van der Waals surface area contributed by atoms with Crippen molar-refractivity contribution in [2.24, 2.45) is 16.6 Å². The van der Waals surface area contributed by atoms with E-state index in [2.05, 4.69) is 19.8 Å². The Morgan fingerprint density at radius 3 is 2.83 bits per heavy atom.